The van der Waals surface area contributed by atoms with Gasteiger partial charge < -0.3 is 30.1 Å². The lowest BCUT2D eigenvalue weighted by Gasteiger charge is -2.36. The van der Waals surface area contributed by atoms with Crippen LogP contribution < -0.4 is 20.4 Å². The van der Waals surface area contributed by atoms with E-state index >= 15 is 0 Å². The van der Waals surface area contributed by atoms with Gasteiger partial charge in [-0.1, -0.05) is 12.1 Å². The van der Waals surface area contributed by atoms with Crippen LogP contribution in [0.15, 0.2) is 24.3 Å². The molecule has 1 aromatic carbocycles. The average Bonchev–Trinajstić information content (AvgIpc) is 2.06. The van der Waals surface area contributed by atoms with Gasteiger partial charge in [0.1, 0.15) is 5.75 Å². The van der Waals surface area contributed by atoms with E-state index in [0.29, 0.717) is 12.3 Å². The van der Waals surface area contributed by atoms with Gasteiger partial charge in [0.15, 0.2) is 0 Å². The van der Waals surface area contributed by atoms with Crippen LogP contribution in [0.3, 0.4) is 0 Å². The van der Waals surface area contributed by atoms with Crippen molar-refractivity contribution < 1.29 is 24.4 Å². The molecular formula is C8H11NO5P-3. The highest BCUT2D eigenvalue weighted by molar-refractivity contribution is 7.40. The highest BCUT2D eigenvalue weighted by atomic mass is 31.2. The predicted octanol–water partition coefficient (Wildman–Crippen LogP) is -1.93. The van der Waals surface area contributed by atoms with E-state index in [1.807, 2.05) is 12.1 Å². The monoisotopic (exact) mass is 232 g/mol. The van der Waals surface area contributed by atoms with Gasteiger partial charge in [0.05, 0.1) is 0 Å². The number of phenols is 1. The van der Waals surface area contributed by atoms with Crippen molar-refractivity contribution in [1.29, 1.82) is 0 Å². The SMILES string of the molecule is NCCc1ccc(O)cc1.O=P([O-])([O-])[O-]. The zero-order valence-corrected chi connectivity index (χ0v) is 8.72. The minimum Gasteiger partial charge on any atom is -0.822 e. The molecule has 3 N–H and O–H groups in total. The van der Waals surface area contributed by atoms with E-state index in [1.54, 1.807) is 12.1 Å². The smallest absolute Gasteiger partial charge is 0.115 e. The second kappa shape index (κ2) is 6.55. The zero-order valence-electron chi connectivity index (χ0n) is 7.83. The Labute approximate surface area is 87.2 Å². The van der Waals surface area contributed by atoms with Crippen molar-refractivity contribution in [3.63, 3.8) is 0 Å². The van der Waals surface area contributed by atoms with Gasteiger partial charge in [-0.05, 0) is 30.7 Å². The molecule has 0 heterocycles. The van der Waals surface area contributed by atoms with Crippen molar-refractivity contribution in [2.24, 2.45) is 5.73 Å². The molecule has 0 atom stereocenters. The third-order valence-corrected chi connectivity index (χ3v) is 1.37. The quantitative estimate of drug-likeness (QED) is 0.570. The molecular weight excluding hydrogens is 221 g/mol. The summed E-state index contributed by atoms with van der Waals surface area (Å²) >= 11 is 0. The summed E-state index contributed by atoms with van der Waals surface area (Å²) in [4.78, 5) is 25.6. The molecule has 6 nitrogen and oxygen atoms in total. The maximum Gasteiger partial charge on any atom is 0.115 e. The summed E-state index contributed by atoms with van der Waals surface area (Å²) < 4.78 is 8.55. The van der Waals surface area contributed by atoms with Gasteiger partial charge in [0.2, 0.25) is 0 Å². The molecule has 0 aliphatic heterocycles. The normalized spacial score (nSPS) is 10.4. The number of hydrogen-bond donors (Lipinski definition) is 2. The fourth-order valence-electron chi connectivity index (χ4n) is 0.829. The Kier molecular flexibility index (Phi) is 6.15. The van der Waals surface area contributed by atoms with Crippen molar-refractivity contribution in [3.05, 3.63) is 29.8 Å². The summed E-state index contributed by atoms with van der Waals surface area (Å²) in [5, 5.41) is 8.89. The molecule has 1 rings (SSSR count). The van der Waals surface area contributed by atoms with E-state index in [2.05, 4.69) is 0 Å². The van der Waals surface area contributed by atoms with Gasteiger partial charge in [0, 0.05) is 0 Å². The molecule has 0 aliphatic rings. The van der Waals surface area contributed by atoms with Gasteiger partial charge in [0.25, 0.3) is 0 Å². The molecule has 0 unspecified atom stereocenters. The molecule has 1 aromatic rings. The minimum atomic E-state index is -5.39. The first-order chi connectivity index (χ1) is 6.83. The van der Waals surface area contributed by atoms with Gasteiger partial charge in [-0.25, -0.2) is 0 Å². The van der Waals surface area contributed by atoms with E-state index < -0.39 is 7.82 Å². The first kappa shape index (κ1) is 14.1. The number of phenolic OH excluding ortho intramolecular Hbond substituents is 1. The third kappa shape index (κ3) is 11.0. The Morgan fingerprint density at radius 3 is 1.93 bits per heavy atom. The predicted molar refractivity (Wildman–Crippen MR) is 48.5 cm³/mol. The van der Waals surface area contributed by atoms with E-state index in [-0.39, 0.29) is 0 Å². The average molecular weight is 232 g/mol. The second-order valence-corrected chi connectivity index (χ2v) is 3.55. The van der Waals surface area contributed by atoms with Gasteiger partial charge in [-0.3, -0.25) is 0 Å². The molecule has 0 fully saturated rings. The summed E-state index contributed by atoms with van der Waals surface area (Å²) in [6, 6.07) is 7.10. The second-order valence-electron chi connectivity index (χ2n) is 2.65. The van der Waals surface area contributed by atoms with Crippen LogP contribution in [0.4, 0.5) is 0 Å². The topological polar surface area (TPSA) is 132 Å². The molecule has 15 heavy (non-hydrogen) atoms. The van der Waals surface area contributed by atoms with Crippen LogP contribution in [0.2, 0.25) is 0 Å². The molecule has 0 radical (unpaired) electrons. The first-order valence-corrected chi connectivity index (χ1v) is 5.50. The molecule has 86 valence electrons. The lowest BCUT2D eigenvalue weighted by Crippen LogP contribution is -2.24. The number of benzene rings is 1. The Morgan fingerprint density at radius 2 is 1.60 bits per heavy atom. The van der Waals surface area contributed by atoms with Crippen LogP contribution in [-0.2, 0) is 11.0 Å². The minimum absolute atomic E-state index is 0.306. The largest absolute Gasteiger partial charge is 0.822 e. The number of phosphoric acid groups is 1. The van der Waals surface area contributed by atoms with Gasteiger partial charge >= 0.3 is 0 Å². The van der Waals surface area contributed by atoms with Crippen molar-refractivity contribution >= 4 is 7.82 Å². The molecule has 0 saturated carbocycles. The lowest BCUT2D eigenvalue weighted by atomic mass is 10.1. The van der Waals surface area contributed by atoms with Crippen LogP contribution in [0.1, 0.15) is 5.56 Å². The maximum atomic E-state index is 8.89. The summed E-state index contributed by atoms with van der Waals surface area (Å²) in [7, 11) is -5.39. The van der Waals surface area contributed by atoms with E-state index in [9.17, 15) is 0 Å². The number of nitrogens with two attached hydrogens (primary N) is 1. The molecule has 0 spiro atoms. The number of rotatable bonds is 2. The van der Waals surface area contributed by atoms with Crippen LogP contribution in [0.5, 0.6) is 5.75 Å². The Bertz CT molecular complexity index is 312. The summed E-state index contributed by atoms with van der Waals surface area (Å²) in [5.74, 6) is 0.306. The zero-order chi connectivity index (χ0) is 11.9. The standard InChI is InChI=1S/C8H11NO.H3O4P/c9-6-5-7-1-3-8(10)4-2-7;1-5(2,3)4/h1-4,10H,5-6,9H2;(H3,1,2,3,4)/p-3. The van der Waals surface area contributed by atoms with Gasteiger partial charge in [-0.15, -0.1) is 0 Å². The fourth-order valence-corrected chi connectivity index (χ4v) is 0.829. The van der Waals surface area contributed by atoms with E-state index in [1.165, 1.54) is 5.56 Å². The van der Waals surface area contributed by atoms with E-state index in [0.717, 1.165) is 6.42 Å². The Morgan fingerprint density at radius 1 is 1.20 bits per heavy atom. The summed E-state index contributed by atoms with van der Waals surface area (Å²) in [6.45, 7) is 0.658. The van der Waals surface area contributed by atoms with Crippen LogP contribution in [0.25, 0.3) is 0 Å². The summed E-state index contributed by atoms with van der Waals surface area (Å²) in [5.41, 5.74) is 6.50. The van der Waals surface area contributed by atoms with E-state index in [4.69, 9.17) is 30.1 Å². The molecule has 0 aromatic heterocycles. The Balaban J connectivity index is 0.000000336. The van der Waals surface area contributed by atoms with Crippen molar-refractivity contribution in [2.45, 2.75) is 6.42 Å². The first-order valence-electron chi connectivity index (χ1n) is 4.04. The number of hydrogen-bond acceptors (Lipinski definition) is 6. The van der Waals surface area contributed by atoms with Crippen molar-refractivity contribution in [3.8, 4) is 5.75 Å². The summed E-state index contributed by atoms with van der Waals surface area (Å²) in [6.07, 6.45) is 0.875. The fraction of sp³-hybridized carbons (Fsp3) is 0.250. The van der Waals surface area contributed by atoms with Crippen LogP contribution in [0, 0.1) is 0 Å². The van der Waals surface area contributed by atoms with Crippen molar-refractivity contribution in [1.82, 2.24) is 0 Å². The molecule has 7 heteroatoms. The highest BCUT2D eigenvalue weighted by Gasteiger charge is 1.89. The number of aromatic hydroxyl groups is 1. The molecule has 0 saturated heterocycles. The highest BCUT2D eigenvalue weighted by Crippen LogP contribution is 2.09. The molecule has 0 amide bonds. The van der Waals surface area contributed by atoms with Crippen LogP contribution >= 0.6 is 7.82 Å². The maximum absolute atomic E-state index is 8.89. The Hall–Kier alpha value is -0.910. The molecule has 0 aliphatic carbocycles. The molecule has 0 bridgehead atoms. The van der Waals surface area contributed by atoms with Crippen molar-refractivity contribution in [2.75, 3.05) is 6.54 Å². The lowest BCUT2D eigenvalue weighted by molar-refractivity contribution is -0.432. The van der Waals surface area contributed by atoms with Crippen LogP contribution in [-0.4, -0.2) is 11.7 Å². The van der Waals surface area contributed by atoms with Gasteiger partial charge in [-0.2, -0.15) is 7.82 Å². The third-order valence-electron chi connectivity index (χ3n) is 1.37.